The van der Waals surface area contributed by atoms with Crippen molar-refractivity contribution in [1.29, 1.82) is 0 Å². The molecule has 1 aromatic rings. The molecule has 1 aromatic heterocycles. The number of carbonyl (C=O) groups excluding carboxylic acids is 1. The summed E-state index contributed by atoms with van der Waals surface area (Å²) < 4.78 is 2.75. The third-order valence-corrected chi connectivity index (χ3v) is 3.39. The van der Waals surface area contributed by atoms with Gasteiger partial charge in [0, 0.05) is 5.92 Å². The van der Waals surface area contributed by atoms with Gasteiger partial charge >= 0.3 is 0 Å². The summed E-state index contributed by atoms with van der Waals surface area (Å²) in [6.07, 6.45) is 0. The van der Waals surface area contributed by atoms with E-state index in [4.69, 9.17) is 0 Å². The molecule has 0 radical (unpaired) electrons. The molecule has 0 spiro atoms. The minimum atomic E-state index is 0.0673. The largest absolute Gasteiger partial charge is 0.297 e. The van der Waals surface area contributed by atoms with E-state index >= 15 is 0 Å². The minimum Gasteiger partial charge on any atom is -0.297 e. The molecule has 14 heavy (non-hydrogen) atoms. The van der Waals surface area contributed by atoms with Gasteiger partial charge in [0.15, 0.2) is 5.78 Å². The third-order valence-electron chi connectivity index (χ3n) is 2.24. The summed E-state index contributed by atoms with van der Waals surface area (Å²) in [5, 5.41) is 4.28. The number of hydrogen-bond acceptors (Lipinski definition) is 2. The summed E-state index contributed by atoms with van der Waals surface area (Å²) >= 11 is 3.43. The molecule has 0 aliphatic heterocycles. The van der Waals surface area contributed by atoms with Crippen molar-refractivity contribution >= 4 is 21.7 Å². The van der Waals surface area contributed by atoms with E-state index in [-0.39, 0.29) is 11.7 Å². The van der Waals surface area contributed by atoms with Gasteiger partial charge in [-0.1, -0.05) is 13.8 Å². The zero-order chi connectivity index (χ0) is 10.9. The van der Waals surface area contributed by atoms with Crippen molar-refractivity contribution in [2.75, 3.05) is 0 Å². The van der Waals surface area contributed by atoms with Crippen molar-refractivity contribution in [1.82, 2.24) is 9.78 Å². The van der Waals surface area contributed by atoms with Crippen molar-refractivity contribution < 1.29 is 4.79 Å². The van der Waals surface area contributed by atoms with Crippen molar-refractivity contribution in [3.8, 4) is 0 Å². The Hall–Kier alpha value is -0.640. The number of Topliss-reactive ketones (excluding diaryl/α,β-unsaturated/α-hetero) is 1. The molecular formula is C10H15BrN2O. The lowest BCUT2D eigenvalue weighted by molar-refractivity contribution is -0.122. The third kappa shape index (κ3) is 2.23. The minimum absolute atomic E-state index is 0.0673. The number of hydrogen-bond donors (Lipinski definition) is 0. The van der Waals surface area contributed by atoms with Gasteiger partial charge in [0.2, 0.25) is 0 Å². The SMILES string of the molecule is Cc1nn(CC(=O)C(C)C)c(C)c1Br. The number of carbonyl (C=O) groups is 1. The van der Waals surface area contributed by atoms with Gasteiger partial charge in [-0.25, -0.2) is 0 Å². The van der Waals surface area contributed by atoms with Gasteiger partial charge in [-0.05, 0) is 29.8 Å². The number of rotatable bonds is 3. The molecule has 0 bridgehead atoms. The lowest BCUT2D eigenvalue weighted by atomic mass is 10.1. The highest BCUT2D eigenvalue weighted by Gasteiger charge is 2.13. The summed E-state index contributed by atoms with van der Waals surface area (Å²) in [4.78, 5) is 11.5. The quantitative estimate of drug-likeness (QED) is 0.835. The van der Waals surface area contributed by atoms with Crippen LogP contribution in [0.1, 0.15) is 25.2 Å². The van der Waals surface area contributed by atoms with Crippen LogP contribution in [0.4, 0.5) is 0 Å². The monoisotopic (exact) mass is 258 g/mol. The standard InChI is InChI=1S/C10H15BrN2O/c1-6(2)9(14)5-13-8(4)10(11)7(3)12-13/h6H,5H2,1-4H3. The zero-order valence-corrected chi connectivity index (χ0v) is 10.6. The first-order valence-corrected chi connectivity index (χ1v) is 5.45. The Morgan fingerprint density at radius 2 is 2.07 bits per heavy atom. The summed E-state index contributed by atoms with van der Waals surface area (Å²) in [5.41, 5.74) is 1.94. The van der Waals surface area contributed by atoms with Gasteiger partial charge in [-0.3, -0.25) is 9.48 Å². The molecule has 0 aromatic carbocycles. The van der Waals surface area contributed by atoms with Crippen LogP contribution in [0.5, 0.6) is 0 Å². The summed E-state index contributed by atoms with van der Waals surface area (Å²) in [5.74, 6) is 0.279. The molecule has 0 fully saturated rings. The van der Waals surface area contributed by atoms with Gasteiger partial charge in [0.05, 0.1) is 15.9 Å². The van der Waals surface area contributed by atoms with E-state index in [1.165, 1.54) is 0 Å². The van der Waals surface area contributed by atoms with Crippen LogP contribution in [0.25, 0.3) is 0 Å². The van der Waals surface area contributed by atoms with E-state index in [9.17, 15) is 4.79 Å². The lowest BCUT2D eigenvalue weighted by Gasteiger charge is -2.05. The van der Waals surface area contributed by atoms with Gasteiger partial charge in [0.1, 0.15) is 6.54 Å². The van der Waals surface area contributed by atoms with Crippen LogP contribution < -0.4 is 0 Å². The van der Waals surface area contributed by atoms with Gasteiger partial charge in [-0.2, -0.15) is 5.10 Å². The number of halogens is 1. The van der Waals surface area contributed by atoms with Crippen LogP contribution in [0.15, 0.2) is 4.47 Å². The summed E-state index contributed by atoms with van der Waals surface area (Å²) in [6, 6.07) is 0. The van der Waals surface area contributed by atoms with E-state index in [0.29, 0.717) is 6.54 Å². The first-order valence-electron chi connectivity index (χ1n) is 4.65. The number of nitrogens with zero attached hydrogens (tertiary/aromatic N) is 2. The highest BCUT2D eigenvalue weighted by Crippen LogP contribution is 2.19. The molecule has 0 aliphatic carbocycles. The highest BCUT2D eigenvalue weighted by atomic mass is 79.9. The molecule has 0 atom stereocenters. The van der Waals surface area contributed by atoms with E-state index in [1.54, 1.807) is 4.68 Å². The summed E-state index contributed by atoms with van der Waals surface area (Å²) in [6.45, 7) is 8.06. The predicted octanol–water partition coefficient (Wildman–Crippen LogP) is 2.49. The van der Waals surface area contributed by atoms with Gasteiger partial charge < -0.3 is 0 Å². The molecule has 3 nitrogen and oxygen atoms in total. The second kappa shape index (κ2) is 4.26. The molecule has 4 heteroatoms. The van der Waals surface area contributed by atoms with Crippen LogP contribution in [-0.4, -0.2) is 15.6 Å². The average molecular weight is 259 g/mol. The van der Waals surface area contributed by atoms with E-state index in [0.717, 1.165) is 15.9 Å². The van der Waals surface area contributed by atoms with E-state index in [2.05, 4.69) is 21.0 Å². The zero-order valence-electron chi connectivity index (χ0n) is 8.97. The van der Waals surface area contributed by atoms with Crippen molar-refractivity contribution in [3.63, 3.8) is 0 Å². The smallest absolute Gasteiger partial charge is 0.156 e. The average Bonchev–Trinajstić information content (AvgIpc) is 2.33. The van der Waals surface area contributed by atoms with Crippen LogP contribution in [0.2, 0.25) is 0 Å². The fourth-order valence-electron chi connectivity index (χ4n) is 1.16. The van der Waals surface area contributed by atoms with Crippen LogP contribution >= 0.6 is 15.9 Å². The Morgan fingerprint density at radius 1 is 1.50 bits per heavy atom. The second-order valence-corrected chi connectivity index (χ2v) is 4.56. The van der Waals surface area contributed by atoms with Crippen molar-refractivity contribution in [2.45, 2.75) is 34.2 Å². The molecule has 0 N–H and O–H groups in total. The molecular weight excluding hydrogens is 244 g/mol. The van der Waals surface area contributed by atoms with Crippen LogP contribution in [0, 0.1) is 19.8 Å². The number of ketones is 1. The van der Waals surface area contributed by atoms with Crippen molar-refractivity contribution in [2.24, 2.45) is 5.92 Å². The van der Waals surface area contributed by atoms with Gasteiger partial charge in [0.25, 0.3) is 0 Å². The highest BCUT2D eigenvalue weighted by molar-refractivity contribution is 9.10. The Labute approximate surface area is 92.6 Å². The molecule has 78 valence electrons. The Bertz CT molecular complexity index is 355. The fraction of sp³-hybridized carbons (Fsp3) is 0.600. The summed E-state index contributed by atoms with van der Waals surface area (Å²) in [7, 11) is 0. The Balaban J connectivity index is 2.88. The van der Waals surface area contributed by atoms with Crippen LogP contribution in [0.3, 0.4) is 0 Å². The second-order valence-electron chi connectivity index (χ2n) is 3.76. The van der Waals surface area contributed by atoms with E-state index < -0.39 is 0 Å². The molecule has 0 amide bonds. The fourth-order valence-corrected chi connectivity index (χ4v) is 1.44. The lowest BCUT2D eigenvalue weighted by Crippen LogP contribution is -2.17. The molecule has 1 heterocycles. The normalized spacial score (nSPS) is 11.0. The number of aromatic nitrogens is 2. The molecule has 0 unspecified atom stereocenters. The topological polar surface area (TPSA) is 34.9 Å². The van der Waals surface area contributed by atoms with Crippen LogP contribution in [-0.2, 0) is 11.3 Å². The van der Waals surface area contributed by atoms with Crippen molar-refractivity contribution in [3.05, 3.63) is 15.9 Å². The maximum Gasteiger partial charge on any atom is 0.156 e. The first-order chi connectivity index (χ1) is 6.43. The maximum atomic E-state index is 11.5. The Morgan fingerprint density at radius 3 is 2.43 bits per heavy atom. The Kier molecular flexibility index (Phi) is 3.48. The maximum absolute atomic E-state index is 11.5. The molecule has 1 rings (SSSR count). The number of aryl methyl sites for hydroxylation is 1. The molecule has 0 aliphatic rings. The first kappa shape index (κ1) is 11.4. The molecule has 0 saturated heterocycles. The van der Waals surface area contributed by atoms with E-state index in [1.807, 2.05) is 27.7 Å². The predicted molar refractivity (Wildman–Crippen MR) is 59.2 cm³/mol. The van der Waals surface area contributed by atoms with Gasteiger partial charge in [-0.15, -0.1) is 0 Å². The molecule has 0 saturated carbocycles.